The van der Waals surface area contributed by atoms with Crippen molar-refractivity contribution in [2.45, 2.75) is 38.3 Å². The number of hydrogen-bond donors (Lipinski definition) is 1. The van der Waals surface area contributed by atoms with Crippen LogP contribution in [0.25, 0.3) is 0 Å². The molecule has 1 aliphatic rings. The van der Waals surface area contributed by atoms with Crippen LogP contribution in [-0.4, -0.2) is 62.2 Å². The number of carbonyl (C=O) groups is 1. The molecule has 17 heavy (non-hydrogen) atoms. The van der Waals surface area contributed by atoms with Crippen LogP contribution in [0.4, 0.5) is 0 Å². The molecule has 5 heteroatoms. The van der Waals surface area contributed by atoms with E-state index in [1.165, 1.54) is 0 Å². The molecule has 1 saturated heterocycles. The van der Waals surface area contributed by atoms with Gasteiger partial charge in [0.15, 0.2) is 0 Å². The van der Waals surface area contributed by atoms with Gasteiger partial charge in [-0.3, -0.25) is 0 Å². The van der Waals surface area contributed by atoms with Gasteiger partial charge in [-0.1, -0.05) is 0 Å². The molecule has 0 radical (unpaired) electrons. The third-order valence-electron chi connectivity index (χ3n) is 4.07. The molecule has 1 amide bonds. The van der Waals surface area contributed by atoms with Crippen molar-refractivity contribution in [3.63, 3.8) is 0 Å². The zero-order valence-electron chi connectivity index (χ0n) is 12.0. The number of nitrogens with one attached hydrogen (secondary N) is 1. The van der Waals surface area contributed by atoms with Gasteiger partial charge in [-0.05, 0) is 0 Å². The number of rotatable bonds is 3. The van der Waals surface area contributed by atoms with Crippen LogP contribution in [0.1, 0.15) is 13.8 Å². The van der Waals surface area contributed by atoms with E-state index in [4.69, 9.17) is 4.74 Å². The summed E-state index contributed by atoms with van der Waals surface area (Å²) in [6.07, 6.45) is -0.107. The number of ether oxygens (including phenoxy) is 1. The van der Waals surface area contributed by atoms with Gasteiger partial charge in [0.2, 0.25) is 0 Å². The van der Waals surface area contributed by atoms with Crippen molar-refractivity contribution in [1.82, 2.24) is 10.2 Å². The van der Waals surface area contributed by atoms with Gasteiger partial charge in [-0.15, -0.1) is 0 Å². The van der Waals surface area contributed by atoms with Gasteiger partial charge in [-0.25, -0.2) is 0 Å². The van der Waals surface area contributed by atoms with Gasteiger partial charge in [0.05, 0.1) is 0 Å². The average molecular weight is 349 g/mol. The third-order valence-corrected chi connectivity index (χ3v) is 15.4. The summed E-state index contributed by atoms with van der Waals surface area (Å²) in [5.74, 6) is 0.231. The van der Waals surface area contributed by atoms with Crippen LogP contribution in [-0.2, 0) is 9.53 Å². The van der Waals surface area contributed by atoms with E-state index in [2.05, 4.69) is 34.0 Å². The van der Waals surface area contributed by atoms with Crippen LogP contribution >= 0.6 is 0 Å². The molecule has 1 N–H and O–H groups in total. The van der Waals surface area contributed by atoms with E-state index >= 15 is 0 Å². The van der Waals surface area contributed by atoms with Gasteiger partial charge in [-0.2, -0.15) is 0 Å². The van der Waals surface area contributed by atoms with Crippen molar-refractivity contribution in [3.05, 3.63) is 0 Å². The predicted molar refractivity (Wildman–Crippen MR) is 72.8 cm³/mol. The molecular formula is C12H26N2O2Sn. The Morgan fingerprint density at radius 2 is 2.00 bits per heavy atom. The summed E-state index contributed by atoms with van der Waals surface area (Å²) in [5, 5.41) is 3.26. The molecule has 1 heterocycles. The first-order valence-corrected chi connectivity index (χ1v) is 16.3. The van der Waals surface area contributed by atoms with Crippen molar-refractivity contribution < 1.29 is 9.53 Å². The average Bonchev–Trinajstić information content (AvgIpc) is 2.26. The Labute approximate surface area is 109 Å². The van der Waals surface area contributed by atoms with E-state index < -0.39 is 18.4 Å². The summed E-state index contributed by atoms with van der Waals surface area (Å²) in [6, 6.07) is 0. The second kappa shape index (κ2) is 5.45. The summed E-state index contributed by atoms with van der Waals surface area (Å²) in [6.45, 7) is 6.48. The van der Waals surface area contributed by atoms with E-state index in [9.17, 15) is 4.79 Å². The molecule has 0 aromatic carbocycles. The van der Waals surface area contributed by atoms with Crippen LogP contribution < -0.4 is 5.32 Å². The van der Waals surface area contributed by atoms with Crippen molar-refractivity contribution in [2.24, 2.45) is 0 Å². The summed E-state index contributed by atoms with van der Waals surface area (Å²) < 4.78 is 5.44. The van der Waals surface area contributed by atoms with Crippen LogP contribution in [0.2, 0.25) is 18.2 Å². The van der Waals surface area contributed by atoms with E-state index in [1.54, 1.807) is 4.90 Å². The van der Waals surface area contributed by atoms with Crippen LogP contribution in [0, 0.1) is 0 Å². The predicted octanol–water partition coefficient (Wildman–Crippen LogP) is 1.51. The molecule has 4 nitrogen and oxygen atoms in total. The number of likely N-dealkylation sites (N-methyl/N-ethyl adjacent to an activating group) is 1. The minimum atomic E-state index is -2.30. The molecule has 1 rings (SSSR count). The second-order valence-corrected chi connectivity index (χ2v) is 22.7. The maximum absolute atomic E-state index is 12.6. The molecule has 0 bridgehead atoms. The van der Waals surface area contributed by atoms with Crippen molar-refractivity contribution in [1.29, 1.82) is 0 Å². The first-order valence-electron chi connectivity index (χ1n) is 6.27. The Bertz CT molecular complexity index is 281. The van der Waals surface area contributed by atoms with E-state index in [0.29, 0.717) is 6.61 Å². The molecule has 100 valence electrons. The topological polar surface area (TPSA) is 41.6 Å². The Kier molecular flexibility index (Phi) is 4.88. The summed E-state index contributed by atoms with van der Waals surface area (Å²) in [7, 11) is 1.86. The fourth-order valence-corrected chi connectivity index (χ4v) is 4.03. The number of carbonyl (C=O) groups excluding carboxylic acids is 1. The Morgan fingerprint density at radius 1 is 1.41 bits per heavy atom. The van der Waals surface area contributed by atoms with Gasteiger partial charge in [0.25, 0.3) is 0 Å². The number of nitrogens with zero attached hydrogens (tertiary/aromatic N) is 1. The fourth-order valence-electron chi connectivity index (χ4n) is 1.69. The third kappa shape index (κ3) is 3.35. The quantitative estimate of drug-likeness (QED) is 0.786. The zero-order valence-corrected chi connectivity index (χ0v) is 14.8. The Balaban J connectivity index is 2.74. The molecular weight excluding hydrogens is 323 g/mol. The SMILES string of the molecule is CN(C(=O)[C](C)(C)[Sn]([CH3])([CH3])[CH3])C1CNCCO1. The molecule has 0 aliphatic carbocycles. The summed E-state index contributed by atoms with van der Waals surface area (Å²) in [4.78, 5) is 21.3. The van der Waals surface area contributed by atoms with Gasteiger partial charge in [0.1, 0.15) is 0 Å². The zero-order chi connectivity index (χ0) is 13.3. The fraction of sp³-hybridized carbons (Fsp3) is 0.917. The van der Waals surface area contributed by atoms with E-state index in [1.807, 2.05) is 7.05 Å². The Hall–Kier alpha value is 0.189. The van der Waals surface area contributed by atoms with Crippen molar-refractivity contribution in [3.8, 4) is 0 Å². The van der Waals surface area contributed by atoms with Crippen LogP contribution in [0.5, 0.6) is 0 Å². The first-order chi connectivity index (χ1) is 7.68. The number of morpholine rings is 1. The summed E-state index contributed by atoms with van der Waals surface area (Å²) >= 11 is -2.30. The second-order valence-electron chi connectivity index (χ2n) is 6.32. The monoisotopic (exact) mass is 350 g/mol. The minimum absolute atomic E-state index is 0.107. The molecule has 0 saturated carbocycles. The van der Waals surface area contributed by atoms with Crippen LogP contribution in [0.3, 0.4) is 0 Å². The number of amides is 1. The van der Waals surface area contributed by atoms with Crippen LogP contribution in [0.15, 0.2) is 0 Å². The van der Waals surface area contributed by atoms with Crippen molar-refractivity contribution >= 4 is 24.3 Å². The first kappa shape index (κ1) is 15.2. The molecule has 1 unspecified atom stereocenters. The van der Waals surface area contributed by atoms with Gasteiger partial charge < -0.3 is 0 Å². The molecule has 1 aliphatic heterocycles. The molecule has 0 aromatic rings. The van der Waals surface area contributed by atoms with E-state index in [0.717, 1.165) is 13.1 Å². The molecule has 0 spiro atoms. The standard InChI is InChI=1S/C9H17N2O2.3CH3.Sn/c1-7(2)9(12)11(3)8-6-10-4-5-13-8;;;;/h8,10H,4-6H2,1-3H3;3*1H3;. The van der Waals surface area contributed by atoms with E-state index in [-0.39, 0.29) is 15.6 Å². The van der Waals surface area contributed by atoms with Gasteiger partial charge in [0, 0.05) is 0 Å². The van der Waals surface area contributed by atoms with Crippen molar-refractivity contribution in [2.75, 3.05) is 26.7 Å². The van der Waals surface area contributed by atoms with Gasteiger partial charge >= 0.3 is 109 Å². The normalized spacial score (nSPS) is 22.4. The number of hydrogen-bond acceptors (Lipinski definition) is 3. The molecule has 1 fully saturated rings. The Morgan fingerprint density at radius 3 is 2.41 bits per heavy atom. The maximum atomic E-state index is 12.6. The molecule has 1 atom stereocenters. The summed E-state index contributed by atoms with van der Waals surface area (Å²) in [5.41, 5.74) is 0. The molecule has 0 aromatic heterocycles.